The minimum Gasteiger partial charge on any atom is -0.478 e. The first-order chi connectivity index (χ1) is 8.56. The molecule has 0 amide bonds. The van der Waals surface area contributed by atoms with Gasteiger partial charge in [0.05, 0.1) is 0 Å². The first kappa shape index (κ1) is 12.2. The summed E-state index contributed by atoms with van der Waals surface area (Å²) in [6.07, 6.45) is 0. The van der Waals surface area contributed by atoms with Gasteiger partial charge in [0.25, 0.3) is 0 Å². The lowest BCUT2D eigenvalue weighted by molar-refractivity contribution is 0.0694. The maximum Gasteiger partial charge on any atom is 0.339 e. The van der Waals surface area contributed by atoms with Crippen LogP contribution < -0.4 is 4.74 Å². The van der Waals surface area contributed by atoms with Crippen LogP contribution in [0.15, 0.2) is 42.5 Å². The summed E-state index contributed by atoms with van der Waals surface area (Å²) in [6.45, 7) is 3.88. The van der Waals surface area contributed by atoms with Gasteiger partial charge in [0, 0.05) is 0 Å². The summed E-state index contributed by atoms with van der Waals surface area (Å²) in [4.78, 5) is 11.1. The molecule has 0 bridgehead atoms. The number of aromatic carboxylic acids is 1. The Labute approximate surface area is 106 Å². The van der Waals surface area contributed by atoms with Crippen LogP contribution in [-0.4, -0.2) is 11.1 Å². The minimum atomic E-state index is -0.989. The number of carbonyl (C=O) groups is 1. The third-order valence-corrected chi connectivity index (χ3v) is 2.62. The minimum absolute atomic E-state index is 0.168. The fourth-order valence-corrected chi connectivity index (χ4v) is 1.62. The predicted molar refractivity (Wildman–Crippen MR) is 69.4 cm³/mol. The fraction of sp³-hybridized carbons (Fsp3) is 0.133. The van der Waals surface area contributed by atoms with Gasteiger partial charge in [-0.15, -0.1) is 0 Å². The molecule has 0 spiro atoms. The van der Waals surface area contributed by atoms with Gasteiger partial charge in [-0.05, 0) is 43.7 Å². The van der Waals surface area contributed by atoms with Crippen LogP contribution in [-0.2, 0) is 0 Å². The Morgan fingerprint density at radius 3 is 2.22 bits per heavy atom. The summed E-state index contributed by atoms with van der Waals surface area (Å²) < 4.78 is 5.63. The van der Waals surface area contributed by atoms with Crippen molar-refractivity contribution in [3.63, 3.8) is 0 Å². The van der Waals surface area contributed by atoms with Gasteiger partial charge in [0.15, 0.2) is 0 Å². The second-order valence-corrected chi connectivity index (χ2v) is 4.22. The fourth-order valence-electron chi connectivity index (χ4n) is 1.62. The van der Waals surface area contributed by atoms with Crippen molar-refractivity contribution in [3.8, 4) is 11.5 Å². The number of carboxylic acids is 1. The van der Waals surface area contributed by atoms with Crippen LogP contribution in [0.25, 0.3) is 0 Å². The molecule has 2 aromatic carbocycles. The summed E-state index contributed by atoms with van der Waals surface area (Å²) in [6, 6.07) is 12.5. The van der Waals surface area contributed by atoms with E-state index in [0.29, 0.717) is 11.5 Å². The first-order valence-corrected chi connectivity index (χ1v) is 5.65. The molecule has 0 saturated carbocycles. The van der Waals surface area contributed by atoms with Crippen LogP contribution in [0.4, 0.5) is 0 Å². The molecular formula is C15H14O3. The highest BCUT2D eigenvalue weighted by molar-refractivity contribution is 5.91. The molecule has 1 N–H and O–H groups in total. The van der Waals surface area contributed by atoms with Gasteiger partial charge in [0.2, 0.25) is 0 Å². The number of benzene rings is 2. The summed E-state index contributed by atoms with van der Waals surface area (Å²) >= 11 is 0. The molecule has 0 unspecified atom stereocenters. The third kappa shape index (κ3) is 2.69. The van der Waals surface area contributed by atoms with Crippen LogP contribution in [0.2, 0.25) is 0 Å². The van der Waals surface area contributed by atoms with Gasteiger partial charge >= 0.3 is 5.97 Å². The molecule has 2 aromatic rings. The number of hydrogen-bond donors (Lipinski definition) is 1. The van der Waals surface area contributed by atoms with Crippen molar-refractivity contribution in [2.75, 3.05) is 0 Å². The van der Waals surface area contributed by atoms with Gasteiger partial charge < -0.3 is 9.84 Å². The zero-order valence-corrected chi connectivity index (χ0v) is 10.3. The van der Waals surface area contributed by atoms with Gasteiger partial charge in [-0.2, -0.15) is 0 Å². The van der Waals surface area contributed by atoms with E-state index in [0.717, 1.165) is 11.1 Å². The number of aryl methyl sites for hydroxylation is 2. The lowest BCUT2D eigenvalue weighted by Crippen LogP contribution is -2.00. The van der Waals surface area contributed by atoms with E-state index in [1.54, 1.807) is 18.2 Å². The van der Waals surface area contributed by atoms with Crippen LogP contribution in [0, 0.1) is 13.8 Å². The maximum atomic E-state index is 11.1. The number of ether oxygens (including phenoxy) is 1. The van der Waals surface area contributed by atoms with Crippen molar-refractivity contribution in [1.29, 1.82) is 0 Å². The Bertz CT molecular complexity index is 571. The van der Waals surface area contributed by atoms with E-state index in [1.165, 1.54) is 0 Å². The summed E-state index contributed by atoms with van der Waals surface area (Å²) in [5.41, 5.74) is 2.26. The maximum absolute atomic E-state index is 11.1. The molecule has 92 valence electrons. The SMILES string of the molecule is Cc1ccc(Oc2cc(C)ccc2C(=O)O)cc1. The van der Waals surface area contributed by atoms with E-state index in [1.807, 2.05) is 38.1 Å². The zero-order chi connectivity index (χ0) is 13.1. The molecule has 0 aliphatic heterocycles. The molecule has 3 nitrogen and oxygen atoms in total. The molecule has 18 heavy (non-hydrogen) atoms. The Kier molecular flexibility index (Phi) is 3.33. The van der Waals surface area contributed by atoms with Crippen molar-refractivity contribution in [3.05, 3.63) is 59.2 Å². The number of hydrogen-bond acceptors (Lipinski definition) is 2. The lowest BCUT2D eigenvalue weighted by atomic mass is 10.1. The second-order valence-electron chi connectivity index (χ2n) is 4.22. The van der Waals surface area contributed by atoms with Crippen LogP contribution >= 0.6 is 0 Å². The summed E-state index contributed by atoms with van der Waals surface area (Å²) in [5.74, 6) is 0.0113. The summed E-state index contributed by atoms with van der Waals surface area (Å²) in [5, 5.41) is 9.10. The van der Waals surface area contributed by atoms with Crippen LogP contribution in [0.3, 0.4) is 0 Å². The van der Waals surface area contributed by atoms with Gasteiger partial charge in [-0.1, -0.05) is 23.8 Å². The molecule has 0 aliphatic carbocycles. The molecule has 0 heterocycles. The van der Waals surface area contributed by atoms with Crippen molar-refractivity contribution >= 4 is 5.97 Å². The molecule has 0 aliphatic rings. The van der Waals surface area contributed by atoms with E-state index in [-0.39, 0.29) is 5.56 Å². The zero-order valence-electron chi connectivity index (χ0n) is 10.3. The van der Waals surface area contributed by atoms with E-state index in [9.17, 15) is 4.79 Å². The molecule has 0 fully saturated rings. The Balaban J connectivity index is 2.35. The van der Waals surface area contributed by atoms with Crippen LogP contribution in [0.1, 0.15) is 21.5 Å². The number of rotatable bonds is 3. The van der Waals surface area contributed by atoms with Gasteiger partial charge in [-0.3, -0.25) is 0 Å². The smallest absolute Gasteiger partial charge is 0.339 e. The number of carboxylic acid groups (broad SMARTS) is 1. The highest BCUT2D eigenvalue weighted by Crippen LogP contribution is 2.26. The molecule has 0 atom stereocenters. The predicted octanol–water partition coefficient (Wildman–Crippen LogP) is 3.79. The second kappa shape index (κ2) is 4.92. The average molecular weight is 242 g/mol. The molecule has 0 aromatic heterocycles. The standard InChI is InChI=1S/C15H14O3/c1-10-3-6-12(7-4-10)18-14-9-11(2)5-8-13(14)15(16)17/h3-9H,1-2H3,(H,16,17). The third-order valence-electron chi connectivity index (χ3n) is 2.62. The highest BCUT2D eigenvalue weighted by Gasteiger charge is 2.11. The first-order valence-electron chi connectivity index (χ1n) is 5.65. The Morgan fingerprint density at radius 2 is 1.61 bits per heavy atom. The molecule has 3 heteroatoms. The van der Waals surface area contributed by atoms with Crippen molar-refractivity contribution in [2.45, 2.75) is 13.8 Å². The van der Waals surface area contributed by atoms with Crippen molar-refractivity contribution in [1.82, 2.24) is 0 Å². The normalized spacial score (nSPS) is 10.1. The molecular weight excluding hydrogens is 228 g/mol. The van der Waals surface area contributed by atoms with Crippen molar-refractivity contribution in [2.24, 2.45) is 0 Å². The average Bonchev–Trinajstić information content (AvgIpc) is 2.32. The van der Waals surface area contributed by atoms with Crippen molar-refractivity contribution < 1.29 is 14.6 Å². The molecule has 2 rings (SSSR count). The molecule has 0 saturated heterocycles. The largest absolute Gasteiger partial charge is 0.478 e. The van der Waals surface area contributed by atoms with E-state index >= 15 is 0 Å². The van der Waals surface area contributed by atoms with Crippen LogP contribution in [0.5, 0.6) is 11.5 Å². The van der Waals surface area contributed by atoms with E-state index in [2.05, 4.69) is 0 Å². The topological polar surface area (TPSA) is 46.5 Å². The van der Waals surface area contributed by atoms with E-state index < -0.39 is 5.97 Å². The Hall–Kier alpha value is -2.29. The lowest BCUT2D eigenvalue weighted by Gasteiger charge is -2.09. The van der Waals surface area contributed by atoms with Gasteiger partial charge in [-0.25, -0.2) is 4.79 Å². The summed E-state index contributed by atoms with van der Waals surface area (Å²) in [7, 11) is 0. The van der Waals surface area contributed by atoms with E-state index in [4.69, 9.17) is 9.84 Å². The van der Waals surface area contributed by atoms with Gasteiger partial charge in [0.1, 0.15) is 17.1 Å². The quantitative estimate of drug-likeness (QED) is 0.890. The molecule has 0 radical (unpaired) electrons. The Morgan fingerprint density at radius 1 is 1.00 bits per heavy atom. The monoisotopic (exact) mass is 242 g/mol. The highest BCUT2D eigenvalue weighted by atomic mass is 16.5.